The Morgan fingerprint density at radius 3 is 3.00 bits per heavy atom. The standard InChI is InChI=1S/C15H14N6O2/c1-9-17-15(21(19-9)11-6-16-20(2)7-11)10-3-4-12-13(5-10)23-8-14(22)18-12/h3-7H,8H2,1-2H3,(H,18,22). The molecule has 1 aromatic carbocycles. The Bertz CT molecular complexity index is 911. The first-order chi connectivity index (χ1) is 11.1. The molecule has 0 spiro atoms. The van der Waals surface area contributed by atoms with Gasteiger partial charge in [-0.25, -0.2) is 9.67 Å². The van der Waals surface area contributed by atoms with Gasteiger partial charge in [0.05, 0.1) is 18.1 Å². The van der Waals surface area contributed by atoms with Crippen LogP contribution in [-0.2, 0) is 11.8 Å². The van der Waals surface area contributed by atoms with Crippen LogP contribution in [0.5, 0.6) is 5.75 Å². The quantitative estimate of drug-likeness (QED) is 0.771. The number of carbonyl (C=O) groups is 1. The SMILES string of the molecule is Cc1nc(-c2ccc3c(c2)OCC(=O)N3)n(-c2cnn(C)c2)n1. The highest BCUT2D eigenvalue weighted by Crippen LogP contribution is 2.32. The number of ether oxygens (including phenoxy) is 1. The van der Waals surface area contributed by atoms with E-state index in [1.807, 2.05) is 32.3 Å². The number of hydrogen-bond donors (Lipinski definition) is 1. The molecule has 1 aliphatic rings. The van der Waals surface area contributed by atoms with Crippen molar-refractivity contribution in [3.63, 3.8) is 0 Å². The van der Waals surface area contributed by atoms with Crippen LogP contribution in [0.1, 0.15) is 5.82 Å². The van der Waals surface area contributed by atoms with Gasteiger partial charge in [0, 0.05) is 12.6 Å². The summed E-state index contributed by atoms with van der Waals surface area (Å²) in [5.74, 6) is 1.83. The van der Waals surface area contributed by atoms with Crippen LogP contribution in [-0.4, -0.2) is 37.1 Å². The van der Waals surface area contributed by atoms with Crippen LogP contribution < -0.4 is 10.1 Å². The molecule has 0 radical (unpaired) electrons. The highest BCUT2D eigenvalue weighted by molar-refractivity contribution is 5.95. The second kappa shape index (κ2) is 4.94. The largest absolute Gasteiger partial charge is 0.482 e. The van der Waals surface area contributed by atoms with Gasteiger partial charge >= 0.3 is 0 Å². The number of hydrogen-bond acceptors (Lipinski definition) is 5. The van der Waals surface area contributed by atoms with Gasteiger partial charge in [0.25, 0.3) is 5.91 Å². The van der Waals surface area contributed by atoms with Crippen molar-refractivity contribution in [1.29, 1.82) is 0 Å². The molecule has 8 heteroatoms. The first kappa shape index (κ1) is 13.5. The maximum atomic E-state index is 11.4. The van der Waals surface area contributed by atoms with Crippen molar-refractivity contribution in [3.05, 3.63) is 36.4 Å². The molecule has 0 aliphatic carbocycles. The highest BCUT2D eigenvalue weighted by atomic mass is 16.5. The Labute approximate surface area is 131 Å². The molecule has 0 saturated heterocycles. The fourth-order valence-corrected chi connectivity index (χ4v) is 2.51. The summed E-state index contributed by atoms with van der Waals surface area (Å²) in [6, 6.07) is 5.54. The van der Waals surface area contributed by atoms with E-state index < -0.39 is 0 Å². The fraction of sp³-hybridized carbons (Fsp3) is 0.200. The topological polar surface area (TPSA) is 86.9 Å². The van der Waals surface area contributed by atoms with Gasteiger partial charge in [0.1, 0.15) is 17.3 Å². The lowest BCUT2D eigenvalue weighted by Gasteiger charge is -2.18. The Balaban J connectivity index is 1.81. The molecule has 0 saturated carbocycles. The lowest BCUT2D eigenvalue weighted by atomic mass is 10.1. The van der Waals surface area contributed by atoms with Gasteiger partial charge in [-0.05, 0) is 25.1 Å². The zero-order valence-corrected chi connectivity index (χ0v) is 12.6. The fourth-order valence-electron chi connectivity index (χ4n) is 2.51. The molecule has 1 N–H and O–H groups in total. The third-order valence-electron chi connectivity index (χ3n) is 3.52. The number of fused-ring (bicyclic) bond motifs is 1. The zero-order chi connectivity index (χ0) is 16.0. The summed E-state index contributed by atoms with van der Waals surface area (Å²) >= 11 is 0. The minimum absolute atomic E-state index is 0.0186. The molecule has 4 rings (SSSR count). The number of benzene rings is 1. The molecule has 23 heavy (non-hydrogen) atoms. The van der Waals surface area contributed by atoms with Crippen LogP contribution in [0.4, 0.5) is 5.69 Å². The van der Waals surface area contributed by atoms with Crippen molar-refractivity contribution in [2.24, 2.45) is 7.05 Å². The number of carbonyl (C=O) groups excluding carboxylic acids is 1. The Morgan fingerprint density at radius 1 is 1.35 bits per heavy atom. The van der Waals surface area contributed by atoms with Crippen molar-refractivity contribution in [2.45, 2.75) is 6.92 Å². The van der Waals surface area contributed by atoms with Crippen molar-refractivity contribution >= 4 is 11.6 Å². The summed E-state index contributed by atoms with van der Waals surface area (Å²) in [5.41, 5.74) is 2.34. The van der Waals surface area contributed by atoms with Gasteiger partial charge in [-0.1, -0.05) is 0 Å². The van der Waals surface area contributed by atoms with Crippen LogP contribution >= 0.6 is 0 Å². The summed E-state index contributed by atoms with van der Waals surface area (Å²) in [7, 11) is 1.85. The Kier molecular flexibility index (Phi) is 2.90. The number of nitrogens with zero attached hydrogens (tertiary/aromatic N) is 5. The van der Waals surface area contributed by atoms with Crippen LogP contribution in [0, 0.1) is 6.92 Å². The average Bonchev–Trinajstić information content (AvgIpc) is 3.12. The minimum Gasteiger partial charge on any atom is -0.482 e. The summed E-state index contributed by atoms with van der Waals surface area (Å²) in [6.45, 7) is 1.86. The molecular weight excluding hydrogens is 296 g/mol. The summed E-state index contributed by atoms with van der Waals surface area (Å²) in [4.78, 5) is 15.9. The number of amides is 1. The van der Waals surface area contributed by atoms with Crippen LogP contribution in [0.25, 0.3) is 17.1 Å². The molecule has 1 amide bonds. The molecule has 8 nitrogen and oxygen atoms in total. The monoisotopic (exact) mass is 310 g/mol. The lowest BCUT2D eigenvalue weighted by Crippen LogP contribution is -2.25. The Morgan fingerprint density at radius 2 is 2.22 bits per heavy atom. The third-order valence-corrected chi connectivity index (χ3v) is 3.52. The van der Waals surface area contributed by atoms with Crippen LogP contribution in [0.2, 0.25) is 0 Å². The Hall–Kier alpha value is -3.16. The van der Waals surface area contributed by atoms with E-state index in [0.29, 0.717) is 23.1 Å². The highest BCUT2D eigenvalue weighted by Gasteiger charge is 2.19. The van der Waals surface area contributed by atoms with E-state index in [1.165, 1.54) is 0 Å². The normalized spacial score (nSPS) is 13.4. The molecule has 2 aromatic heterocycles. The van der Waals surface area contributed by atoms with Gasteiger partial charge in [0.15, 0.2) is 12.4 Å². The zero-order valence-electron chi connectivity index (χ0n) is 12.6. The predicted molar refractivity (Wildman–Crippen MR) is 82.4 cm³/mol. The molecule has 116 valence electrons. The van der Waals surface area contributed by atoms with Gasteiger partial charge in [-0.2, -0.15) is 10.2 Å². The van der Waals surface area contributed by atoms with E-state index in [0.717, 1.165) is 11.3 Å². The van der Waals surface area contributed by atoms with E-state index in [2.05, 4.69) is 20.5 Å². The molecular formula is C15H14N6O2. The summed E-state index contributed by atoms with van der Waals surface area (Å²) in [5, 5.41) is 11.4. The number of aryl methyl sites for hydroxylation is 2. The predicted octanol–water partition coefficient (Wildman–Crippen LogP) is 1.31. The van der Waals surface area contributed by atoms with Crippen molar-refractivity contribution in [2.75, 3.05) is 11.9 Å². The maximum absolute atomic E-state index is 11.4. The van der Waals surface area contributed by atoms with Crippen LogP contribution in [0.15, 0.2) is 30.6 Å². The molecule has 0 bridgehead atoms. The van der Waals surface area contributed by atoms with Crippen molar-refractivity contribution in [1.82, 2.24) is 24.5 Å². The van der Waals surface area contributed by atoms with Crippen LogP contribution in [0.3, 0.4) is 0 Å². The van der Waals surface area contributed by atoms with E-state index in [1.54, 1.807) is 21.6 Å². The average molecular weight is 310 g/mol. The first-order valence-corrected chi connectivity index (χ1v) is 7.10. The van der Waals surface area contributed by atoms with Gasteiger partial charge in [-0.3, -0.25) is 9.48 Å². The molecule has 0 fully saturated rings. The first-order valence-electron chi connectivity index (χ1n) is 7.10. The summed E-state index contributed by atoms with van der Waals surface area (Å²) in [6.07, 6.45) is 3.60. The smallest absolute Gasteiger partial charge is 0.262 e. The molecule has 0 unspecified atom stereocenters. The molecule has 3 aromatic rings. The van der Waals surface area contributed by atoms with Crippen molar-refractivity contribution in [3.8, 4) is 22.8 Å². The number of rotatable bonds is 2. The van der Waals surface area contributed by atoms with Gasteiger partial charge < -0.3 is 10.1 Å². The van der Waals surface area contributed by atoms with E-state index >= 15 is 0 Å². The number of aromatic nitrogens is 5. The second-order valence-electron chi connectivity index (χ2n) is 5.31. The maximum Gasteiger partial charge on any atom is 0.262 e. The minimum atomic E-state index is -0.153. The van der Waals surface area contributed by atoms with Gasteiger partial charge in [-0.15, -0.1) is 0 Å². The van der Waals surface area contributed by atoms with Crippen molar-refractivity contribution < 1.29 is 9.53 Å². The number of nitrogens with one attached hydrogen (secondary N) is 1. The van der Waals surface area contributed by atoms with Gasteiger partial charge in [0.2, 0.25) is 0 Å². The van der Waals surface area contributed by atoms with E-state index in [4.69, 9.17) is 4.74 Å². The molecule has 1 aliphatic heterocycles. The lowest BCUT2D eigenvalue weighted by molar-refractivity contribution is -0.118. The van der Waals surface area contributed by atoms with E-state index in [-0.39, 0.29) is 12.5 Å². The molecule has 0 atom stereocenters. The van der Waals surface area contributed by atoms with E-state index in [9.17, 15) is 4.79 Å². The number of anilines is 1. The second-order valence-corrected chi connectivity index (χ2v) is 5.31. The summed E-state index contributed by atoms with van der Waals surface area (Å²) < 4.78 is 8.92. The third kappa shape index (κ3) is 2.33. The molecule has 3 heterocycles.